The molecule has 1 atom stereocenters. The Labute approximate surface area is 124 Å². The molecule has 4 heteroatoms. The summed E-state index contributed by atoms with van der Waals surface area (Å²) in [5, 5.41) is 0. The highest BCUT2D eigenvalue weighted by Crippen LogP contribution is 2.23. The fraction of sp³-hybridized carbons (Fsp3) is 0.294. The minimum atomic E-state index is 0.752. The van der Waals surface area contributed by atoms with E-state index in [1.54, 1.807) is 0 Å². The zero-order chi connectivity index (χ0) is 14.2. The van der Waals surface area contributed by atoms with Crippen LogP contribution in [-0.4, -0.2) is 27.5 Å². The fourth-order valence-corrected chi connectivity index (χ4v) is 2.93. The number of hydrogen-bond acceptors (Lipinski definition) is 3. The Bertz CT molecular complexity index is 763. The third kappa shape index (κ3) is 2.27. The van der Waals surface area contributed by atoms with Crippen LogP contribution in [0, 0.1) is 5.92 Å². The van der Waals surface area contributed by atoms with E-state index in [1.165, 1.54) is 6.42 Å². The van der Waals surface area contributed by atoms with Gasteiger partial charge in [-0.25, -0.2) is 4.98 Å². The summed E-state index contributed by atoms with van der Waals surface area (Å²) in [7, 11) is 0. The smallest absolute Gasteiger partial charge is 0.236 e. The van der Waals surface area contributed by atoms with Crippen molar-refractivity contribution in [2.75, 3.05) is 18.0 Å². The second-order valence-corrected chi connectivity index (χ2v) is 5.83. The van der Waals surface area contributed by atoms with Crippen molar-refractivity contribution in [3.63, 3.8) is 0 Å². The lowest BCUT2D eigenvalue weighted by atomic mass is 10.2. The quantitative estimate of drug-likeness (QED) is 0.721. The molecule has 1 fully saturated rings. The molecule has 1 aromatic carbocycles. The second-order valence-electron chi connectivity index (χ2n) is 5.83. The topological polar surface area (TPSA) is 33.4 Å². The molecule has 4 nitrogen and oxygen atoms in total. The van der Waals surface area contributed by atoms with Crippen LogP contribution in [0.2, 0.25) is 0 Å². The Morgan fingerprint density at radius 3 is 2.71 bits per heavy atom. The minimum Gasteiger partial charge on any atom is -0.356 e. The van der Waals surface area contributed by atoms with E-state index in [2.05, 4.69) is 41.2 Å². The Morgan fingerprint density at radius 2 is 1.95 bits per heavy atom. The molecule has 3 aromatic rings. The van der Waals surface area contributed by atoms with Gasteiger partial charge in [0.15, 0.2) is 0 Å². The monoisotopic (exact) mass is 278 g/mol. The standard InChI is InChI=1S/C17H18N4/c1-13-7-9-20(11-13)16-8-10-21-12-15(18-17(21)19-16)14-5-3-2-4-6-14/h2-6,8,10,12-13H,7,9,11H2,1H3. The summed E-state index contributed by atoms with van der Waals surface area (Å²) in [6.45, 7) is 4.48. The predicted molar refractivity (Wildman–Crippen MR) is 84.4 cm³/mol. The SMILES string of the molecule is CC1CCN(c2ccn3cc(-c4ccccc4)nc3n2)C1. The second kappa shape index (κ2) is 4.88. The number of anilines is 1. The molecule has 106 valence electrons. The van der Waals surface area contributed by atoms with E-state index in [0.717, 1.165) is 41.9 Å². The first-order chi connectivity index (χ1) is 10.3. The van der Waals surface area contributed by atoms with E-state index in [-0.39, 0.29) is 0 Å². The number of benzene rings is 1. The first-order valence-electron chi connectivity index (χ1n) is 7.46. The normalized spacial score (nSPS) is 18.5. The number of aromatic nitrogens is 3. The molecule has 0 aliphatic carbocycles. The average Bonchev–Trinajstić information content (AvgIpc) is 3.13. The van der Waals surface area contributed by atoms with Crippen molar-refractivity contribution in [2.45, 2.75) is 13.3 Å². The van der Waals surface area contributed by atoms with E-state index in [9.17, 15) is 0 Å². The van der Waals surface area contributed by atoms with Gasteiger partial charge in [-0.2, -0.15) is 4.98 Å². The molecule has 0 spiro atoms. The number of fused-ring (bicyclic) bond motifs is 1. The maximum absolute atomic E-state index is 4.72. The lowest BCUT2D eigenvalue weighted by molar-refractivity contribution is 0.659. The van der Waals surface area contributed by atoms with Crippen LogP contribution in [0.4, 0.5) is 5.82 Å². The van der Waals surface area contributed by atoms with Crippen LogP contribution < -0.4 is 4.90 Å². The lowest BCUT2D eigenvalue weighted by Crippen LogP contribution is -2.20. The molecule has 1 aliphatic rings. The van der Waals surface area contributed by atoms with Gasteiger partial charge in [0.2, 0.25) is 5.78 Å². The molecule has 21 heavy (non-hydrogen) atoms. The van der Waals surface area contributed by atoms with Crippen LogP contribution in [0.15, 0.2) is 48.8 Å². The van der Waals surface area contributed by atoms with E-state index in [0.29, 0.717) is 0 Å². The number of nitrogens with zero attached hydrogens (tertiary/aromatic N) is 4. The van der Waals surface area contributed by atoms with Crippen LogP contribution in [0.3, 0.4) is 0 Å². The van der Waals surface area contributed by atoms with Crippen LogP contribution in [0.1, 0.15) is 13.3 Å². The minimum absolute atomic E-state index is 0.752. The van der Waals surface area contributed by atoms with Crippen molar-refractivity contribution in [1.29, 1.82) is 0 Å². The van der Waals surface area contributed by atoms with Crippen molar-refractivity contribution in [3.8, 4) is 11.3 Å². The van der Waals surface area contributed by atoms with Crippen LogP contribution in [0.25, 0.3) is 17.0 Å². The summed E-state index contributed by atoms with van der Waals surface area (Å²) in [5.74, 6) is 2.56. The highest BCUT2D eigenvalue weighted by atomic mass is 15.2. The third-order valence-electron chi connectivity index (χ3n) is 4.13. The highest BCUT2D eigenvalue weighted by molar-refractivity contribution is 5.61. The maximum Gasteiger partial charge on any atom is 0.236 e. The average molecular weight is 278 g/mol. The van der Waals surface area contributed by atoms with Gasteiger partial charge in [-0.1, -0.05) is 37.3 Å². The molecule has 0 radical (unpaired) electrons. The van der Waals surface area contributed by atoms with Gasteiger partial charge >= 0.3 is 0 Å². The Kier molecular flexibility index (Phi) is 2.88. The van der Waals surface area contributed by atoms with Crippen molar-refractivity contribution < 1.29 is 0 Å². The van der Waals surface area contributed by atoms with Crippen LogP contribution in [0.5, 0.6) is 0 Å². The first kappa shape index (κ1) is 12.4. The van der Waals surface area contributed by atoms with E-state index < -0.39 is 0 Å². The van der Waals surface area contributed by atoms with Crippen LogP contribution in [-0.2, 0) is 0 Å². The van der Waals surface area contributed by atoms with E-state index in [1.807, 2.05) is 28.8 Å². The molecule has 0 N–H and O–H groups in total. The molecule has 0 bridgehead atoms. The molecule has 3 heterocycles. The number of hydrogen-bond donors (Lipinski definition) is 0. The summed E-state index contributed by atoms with van der Waals surface area (Å²) in [5.41, 5.74) is 2.09. The summed E-state index contributed by atoms with van der Waals surface area (Å²) in [6.07, 6.45) is 5.34. The molecule has 1 aliphatic heterocycles. The van der Waals surface area contributed by atoms with Gasteiger partial charge in [0.05, 0.1) is 5.69 Å². The third-order valence-corrected chi connectivity index (χ3v) is 4.13. The maximum atomic E-state index is 4.72. The largest absolute Gasteiger partial charge is 0.356 e. The molecule has 1 saturated heterocycles. The van der Waals surface area contributed by atoms with Crippen molar-refractivity contribution in [2.24, 2.45) is 5.92 Å². The highest BCUT2D eigenvalue weighted by Gasteiger charge is 2.20. The van der Waals surface area contributed by atoms with Crippen molar-refractivity contribution in [1.82, 2.24) is 14.4 Å². The van der Waals surface area contributed by atoms with Crippen molar-refractivity contribution >= 4 is 11.6 Å². The van der Waals surface area contributed by atoms with Crippen molar-refractivity contribution in [3.05, 3.63) is 48.8 Å². The summed E-state index contributed by atoms with van der Waals surface area (Å²) < 4.78 is 1.99. The molecular weight excluding hydrogens is 260 g/mol. The first-order valence-corrected chi connectivity index (χ1v) is 7.46. The van der Waals surface area contributed by atoms with Gasteiger partial charge < -0.3 is 4.90 Å². The number of imidazole rings is 1. The zero-order valence-electron chi connectivity index (χ0n) is 12.1. The fourth-order valence-electron chi connectivity index (χ4n) is 2.93. The Morgan fingerprint density at radius 1 is 1.10 bits per heavy atom. The molecule has 2 aromatic heterocycles. The van der Waals surface area contributed by atoms with E-state index in [4.69, 9.17) is 4.98 Å². The van der Waals surface area contributed by atoms with Gasteiger partial charge in [-0.15, -0.1) is 0 Å². The predicted octanol–water partition coefficient (Wildman–Crippen LogP) is 3.24. The molecule has 4 rings (SSSR count). The Balaban J connectivity index is 1.72. The van der Waals surface area contributed by atoms with Gasteiger partial charge in [-0.05, 0) is 18.4 Å². The molecular formula is C17H18N4. The van der Waals surface area contributed by atoms with Gasteiger partial charge in [0, 0.05) is 31.0 Å². The van der Waals surface area contributed by atoms with Gasteiger partial charge in [-0.3, -0.25) is 4.40 Å². The van der Waals surface area contributed by atoms with Crippen LogP contribution >= 0.6 is 0 Å². The lowest BCUT2D eigenvalue weighted by Gasteiger charge is -2.16. The van der Waals surface area contributed by atoms with Gasteiger partial charge in [0.25, 0.3) is 0 Å². The molecule has 0 saturated carbocycles. The van der Waals surface area contributed by atoms with Gasteiger partial charge in [0.1, 0.15) is 5.82 Å². The number of rotatable bonds is 2. The molecule has 0 amide bonds. The summed E-state index contributed by atoms with van der Waals surface area (Å²) in [6, 6.07) is 12.3. The molecule has 1 unspecified atom stereocenters. The summed E-state index contributed by atoms with van der Waals surface area (Å²) >= 11 is 0. The van der Waals surface area contributed by atoms with E-state index >= 15 is 0 Å². The summed E-state index contributed by atoms with van der Waals surface area (Å²) in [4.78, 5) is 11.7. The zero-order valence-corrected chi connectivity index (χ0v) is 12.1. The Hall–Kier alpha value is -2.36.